The molecule has 1 atom stereocenters. The summed E-state index contributed by atoms with van der Waals surface area (Å²) in [4.78, 5) is 25.7. The van der Waals surface area contributed by atoms with Crippen LogP contribution in [0.3, 0.4) is 0 Å². The van der Waals surface area contributed by atoms with Gasteiger partial charge in [-0.2, -0.15) is 0 Å². The lowest BCUT2D eigenvalue weighted by atomic mass is 9.93. The highest BCUT2D eigenvalue weighted by Crippen LogP contribution is 2.19. The van der Waals surface area contributed by atoms with Crippen LogP contribution in [0.5, 0.6) is 0 Å². The number of likely N-dealkylation sites (tertiary alicyclic amines) is 1. The van der Waals surface area contributed by atoms with Crippen molar-refractivity contribution in [2.45, 2.75) is 19.8 Å². The van der Waals surface area contributed by atoms with Crippen LogP contribution in [0.25, 0.3) is 0 Å². The van der Waals surface area contributed by atoms with Crippen LogP contribution in [0.2, 0.25) is 5.02 Å². The Balaban J connectivity index is 2.12. The van der Waals surface area contributed by atoms with Gasteiger partial charge >= 0.3 is 0 Å². The van der Waals surface area contributed by atoms with Crippen molar-refractivity contribution in [2.75, 3.05) is 13.1 Å². The molecule has 1 heterocycles. The van der Waals surface area contributed by atoms with Gasteiger partial charge in [-0.3, -0.25) is 9.59 Å². The number of nitrogens with zero attached hydrogens (tertiary/aromatic N) is 1. The molecule has 1 amide bonds. The molecule has 96 valence electrons. The van der Waals surface area contributed by atoms with E-state index >= 15 is 0 Å². The zero-order chi connectivity index (χ0) is 13.1. The molecule has 1 fully saturated rings. The molecule has 0 aromatic heterocycles. The van der Waals surface area contributed by atoms with Crippen molar-refractivity contribution in [1.82, 2.24) is 4.90 Å². The van der Waals surface area contributed by atoms with E-state index in [1.807, 2.05) is 6.92 Å². The average molecular weight is 266 g/mol. The summed E-state index contributed by atoms with van der Waals surface area (Å²) >= 11 is 5.88. The number of hydrogen-bond donors (Lipinski definition) is 0. The molecule has 0 N–H and O–H groups in total. The Labute approximate surface area is 112 Å². The Kier molecular flexibility index (Phi) is 4.02. The first-order valence-electron chi connectivity index (χ1n) is 6.19. The second kappa shape index (κ2) is 5.53. The third-order valence-corrected chi connectivity index (χ3v) is 3.61. The number of piperidine rings is 1. The van der Waals surface area contributed by atoms with Crippen molar-refractivity contribution < 1.29 is 9.59 Å². The van der Waals surface area contributed by atoms with E-state index in [0.29, 0.717) is 30.1 Å². The van der Waals surface area contributed by atoms with Gasteiger partial charge in [0.25, 0.3) is 5.91 Å². The largest absolute Gasteiger partial charge is 0.337 e. The summed E-state index contributed by atoms with van der Waals surface area (Å²) in [5.74, 6) is 0.220. The summed E-state index contributed by atoms with van der Waals surface area (Å²) < 4.78 is 0. The Morgan fingerprint density at radius 2 is 2.28 bits per heavy atom. The Bertz CT molecular complexity index is 473. The highest BCUT2D eigenvalue weighted by atomic mass is 35.5. The maximum atomic E-state index is 12.3. The number of rotatable bonds is 2. The lowest BCUT2D eigenvalue weighted by molar-refractivity contribution is -0.125. The smallest absolute Gasteiger partial charge is 0.253 e. The van der Waals surface area contributed by atoms with Gasteiger partial charge in [0.05, 0.1) is 0 Å². The van der Waals surface area contributed by atoms with Crippen molar-refractivity contribution in [1.29, 1.82) is 0 Å². The standard InChI is InChI=1S/C14H16ClNO2/c1-2-10-9-16(7-6-13(10)17)14(18)11-4-3-5-12(15)8-11/h3-5,8,10H,2,6-7,9H2,1H3. The lowest BCUT2D eigenvalue weighted by Crippen LogP contribution is -2.43. The zero-order valence-electron chi connectivity index (χ0n) is 10.4. The number of halogens is 1. The first kappa shape index (κ1) is 13.1. The lowest BCUT2D eigenvalue weighted by Gasteiger charge is -2.31. The molecule has 1 unspecified atom stereocenters. The third kappa shape index (κ3) is 2.72. The maximum Gasteiger partial charge on any atom is 0.253 e. The van der Waals surface area contributed by atoms with E-state index in [2.05, 4.69) is 0 Å². The molecule has 1 saturated heterocycles. The molecular formula is C14H16ClNO2. The van der Waals surface area contributed by atoms with Gasteiger partial charge < -0.3 is 4.90 Å². The third-order valence-electron chi connectivity index (χ3n) is 3.38. The molecule has 0 radical (unpaired) electrons. The number of carbonyl (C=O) groups is 2. The van der Waals surface area contributed by atoms with E-state index in [1.54, 1.807) is 29.2 Å². The van der Waals surface area contributed by atoms with E-state index in [1.165, 1.54) is 0 Å². The molecular weight excluding hydrogens is 250 g/mol. The van der Waals surface area contributed by atoms with Crippen molar-refractivity contribution in [3.63, 3.8) is 0 Å². The predicted molar refractivity (Wildman–Crippen MR) is 70.8 cm³/mol. The molecule has 4 heteroatoms. The van der Waals surface area contributed by atoms with Crippen LogP contribution in [-0.4, -0.2) is 29.7 Å². The van der Waals surface area contributed by atoms with Crippen molar-refractivity contribution in [2.24, 2.45) is 5.92 Å². The second-order valence-corrected chi connectivity index (χ2v) is 5.02. The summed E-state index contributed by atoms with van der Waals surface area (Å²) in [7, 11) is 0. The minimum Gasteiger partial charge on any atom is -0.337 e. The van der Waals surface area contributed by atoms with Gasteiger partial charge in [0.15, 0.2) is 0 Å². The molecule has 1 aliphatic rings. The maximum absolute atomic E-state index is 12.3. The summed E-state index contributed by atoms with van der Waals surface area (Å²) in [6.45, 7) is 3.03. The molecule has 0 bridgehead atoms. The van der Waals surface area contributed by atoms with E-state index in [9.17, 15) is 9.59 Å². The molecule has 0 aliphatic carbocycles. The highest BCUT2D eigenvalue weighted by Gasteiger charge is 2.28. The van der Waals surface area contributed by atoms with Gasteiger partial charge in [-0.25, -0.2) is 0 Å². The summed E-state index contributed by atoms with van der Waals surface area (Å²) in [6.07, 6.45) is 1.25. The van der Waals surface area contributed by atoms with Crippen LogP contribution < -0.4 is 0 Å². The molecule has 2 rings (SSSR count). The number of benzene rings is 1. The summed E-state index contributed by atoms with van der Waals surface area (Å²) in [6, 6.07) is 6.93. The monoisotopic (exact) mass is 265 g/mol. The Hall–Kier alpha value is -1.35. The van der Waals surface area contributed by atoms with Crippen molar-refractivity contribution >= 4 is 23.3 Å². The number of ketones is 1. The van der Waals surface area contributed by atoms with Crippen molar-refractivity contribution in [3.8, 4) is 0 Å². The quantitative estimate of drug-likeness (QED) is 0.825. The second-order valence-electron chi connectivity index (χ2n) is 4.58. The van der Waals surface area contributed by atoms with Crippen LogP contribution in [0.15, 0.2) is 24.3 Å². The van der Waals surface area contributed by atoms with Gasteiger partial charge in [0.1, 0.15) is 5.78 Å². The van der Waals surface area contributed by atoms with E-state index in [0.717, 1.165) is 6.42 Å². The average Bonchev–Trinajstić information content (AvgIpc) is 2.38. The van der Waals surface area contributed by atoms with Gasteiger partial charge in [-0.05, 0) is 24.6 Å². The minimum absolute atomic E-state index is 0.0121. The van der Waals surface area contributed by atoms with E-state index in [-0.39, 0.29) is 17.6 Å². The molecule has 0 spiro atoms. The Morgan fingerprint density at radius 3 is 2.94 bits per heavy atom. The SMILES string of the molecule is CCC1CN(C(=O)c2cccc(Cl)c2)CCC1=O. The normalized spacial score (nSPS) is 20.0. The first-order chi connectivity index (χ1) is 8.61. The van der Waals surface area contributed by atoms with Crippen LogP contribution in [0.1, 0.15) is 30.1 Å². The summed E-state index contributed by atoms with van der Waals surface area (Å²) in [5.41, 5.74) is 0.590. The fourth-order valence-electron chi connectivity index (χ4n) is 2.25. The molecule has 1 aromatic rings. The van der Waals surface area contributed by atoms with Crippen LogP contribution >= 0.6 is 11.6 Å². The molecule has 0 saturated carbocycles. The number of carbonyl (C=O) groups excluding carboxylic acids is 2. The van der Waals surface area contributed by atoms with E-state index in [4.69, 9.17) is 11.6 Å². The van der Waals surface area contributed by atoms with Crippen LogP contribution in [-0.2, 0) is 4.79 Å². The van der Waals surface area contributed by atoms with Gasteiger partial charge in [0, 0.05) is 36.0 Å². The topological polar surface area (TPSA) is 37.4 Å². The molecule has 1 aliphatic heterocycles. The molecule has 3 nitrogen and oxygen atoms in total. The van der Waals surface area contributed by atoms with Crippen LogP contribution in [0.4, 0.5) is 0 Å². The predicted octanol–water partition coefficient (Wildman–Crippen LogP) is 2.78. The van der Waals surface area contributed by atoms with Crippen LogP contribution in [0, 0.1) is 5.92 Å². The van der Waals surface area contributed by atoms with Gasteiger partial charge in [0.2, 0.25) is 0 Å². The van der Waals surface area contributed by atoms with Gasteiger partial charge in [-0.15, -0.1) is 0 Å². The zero-order valence-corrected chi connectivity index (χ0v) is 11.1. The molecule has 18 heavy (non-hydrogen) atoms. The molecule has 1 aromatic carbocycles. The Morgan fingerprint density at radius 1 is 1.50 bits per heavy atom. The minimum atomic E-state index is -0.0385. The number of hydrogen-bond acceptors (Lipinski definition) is 2. The number of Topliss-reactive ketones (excluding diaryl/α,β-unsaturated/α-hetero) is 1. The van der Waals surface area contributed by atoms with E-state index < -0.39 is 0 Å². The highest BCUT2D eigenvalue weighted by molar-refractivity contribution is 6.30. The number of amides is 1. The first-order valence-corrected chi connectivity index (χ1v) is 6.57. The fourth-order valence-corrected chi connectivity index (χ4v) is 2.44. The fraction of sp³-hybridized carbons (Fsp3) is 0.429. The summed E-state index contributed by atoms with van der Waals surface area (Å²) in [5, 5.41) is 0.556. The van der Waals surface area contributed by atoms with Gasteiger partial charge in [-0.1, -0.05) is 24.6 Å². The van der Waals surface area contributed by atoms with Crippen molar-refractivity contribution in [3.05, 3.63) is 34.9 Å².